The lowest BCUT2D eigenvalue weighted by atomic mass is 9.87. The highest BCUT2D eigenvalue weighted by Crippen LogP contribution is 2.39. The van der Waals surface area contributed by atoms with E-state index >= 15 is 0 Å². The van der Waals surface area contributed by atoms with Crippen LogP contribution in [0.25, 0.3) is 0 Å². The van der Waals surface area contributed by atoms with Gasteiger partial charge < -0.3 is 19.9 Å². The number of rotatable bonds is 2. The molecule has 10 heteroatoms. The Hall–Kier alpha value is -3.56. The van der Waals surface area contributed by atoms with E-state index in [0.717, 1.165) is 12.1 Å². The van der Waals surface area contributed by atoms with Crippen LogP contribution in [0.2, 0.25) is 0 Å². The third-order valence-electron chi connectivity index (χ3n) is 7.24. The Labute approximate surface area is 206 Å². The summed E-state index contributed by atoms with van der Waals surface area (Å²) in [4.78, 5) is 41.7. The van der Waals surface area contributed by atoms with Gasteiger partial charge in [-0.2, -0.15) is 13.2 Å². The van der Waals surface area contributed by atoms with Crippen molar-refractivity contribution in [1.29, 1.82) is 0 Å². The van der Waals surface area contributed by atoms with E-state index in [-0.39, 0.29) is 42.2 Å². The van der Waals surface area contributed by atoms with Gasteiger partial charge in [-0.05, 0) is 42.8 Å². The number of ether oxygens (including phenoxy) is 1. The molecule has 3 aliphatic heterocycles. The largest absolute Gasteiger partial charge is 0.484 e. The average molecular weight is 502 g/mol. The SMILES string of the molecule is O=C1CC2(CCN(C(=O)C3CCN(C(=O)c4ccc(C(F)(F)F)cc4)C3)CC2)Oc2ccccc2N1. The highest BCUT2D eigenvalue weighted by atomic mass is 19.4. The molecule has 1 spiro atoms. The summed E-state index contributed by atoms with van der Waals surface area (Å²) in [5, 5.41) is 2.87. The van der Waals surface area contributed by atoms with Crippen LogP contribution in [0.1, 0.15) is 41.6 Å². The van der Waals surface area contributed by atoms with E-state index in [1.807, 2.05) is 18.2 Å². The van der Waals surface area contributed by atoms with Crippen LogP contribution in [0.5, 0.6) is 5.75 Å². The summed E-state index contributed by atoms with van der Waals surface area (Å²) in [5.74, 6) is -0.292. The van der Waals surface area contributed by atoms with Crippen molar-refractivity contribution in [3.8, 4) is 5.75 Å². The van der Waals surface area contributed by atoms with E-state index in [1.54, 1.807) is 11.0 Å². The quantitative estimate of drug-likeness (QED) is 0.676. The number of halogens is 3. The number of benzene rings is 2. The van der Waals surface area contributed by atoms with Gasteiger partial charge in [-0.3, -0.25) is 14.4 Å². The standard InChI is InChI=1S/C26H26F3N3O4/c27-26(28,29)19-7-5-17(6-8-19)23(34)32-12-9-18(16-32)24(35)31-13-10-25(11-14-31)15-22(33)30-20-3-1-2-4-21(20)36-25/h1-8,18H,9-16H2,(H,30,33). The zero-order valence-electron chi connectivity index (χ0n) is 19.5. The lowest BCUT2D eigenvalue weighted by Crippen LogP contribution is -2.52. The summed E-state index contributed by atoms with van der Waals surface area (Å²) in [6, 6.07) is 11.4. The fourth-order valence-electron chi connectivity index (χ4n) is 5.22. The van der Waals surface area contributed by atoms with Gasteiger partial charge in [0, 0.05) is 44.6 Å². The molecule has 3 amide bonds. The fraction of sp³-hybridized carbons (Fsp3) is 0.423. The number of para-hydroxylation sites is 2. The molecule has 3 aliphatic rings. The molecule has 2 saturated heterocycles. The van der Waals surface area contributed by atoms with Crippen LogP contribution in [0.15, 0.2) is 48.5 Å². The minimum absolute atomic E-state index is 0.0500. The molecule has 36 heavy (non-hydrogen) atoms. The summed E-state index contributed by atoms with van der Waals surface area (Å²) in [7, 11) is 0. The highest BCUT2D eigenvalue weighted by molar-refractivity contribution is 5.95. The van der Waals surface area contributed by atoms with E-state index < -0.39 is 17.3 Å². The predicted molar refractivity (Wildman–Crippen MR) is 124 cm³/mol. The van der Waals surface area contributed by atoms with Crippen molar-refractivity contribution in [2.24, 2.45) is 5.92 Å². The van der Waals surface area contributed by atoms with E-state index in [4.69, 9.17) is 4.74 Å². The van der Waals surface area contributed by atoms with Gasteiger partial charge in [0.25, 0.3) is 5.91 Å². The maximum absolute atomic E-state index is 13.2. The first kappa shape index (κ1) is 24.1. The summed E-state index contributed by atoms with van der Waals surface area (Å²) >= 11 is 0. The van der Waals surface area contributed by atoms with Gasteiger partial charge in [0.2, 0.25) is 11.8 Å². The van der Waals surface area contributed by atoms with Crippen LogP contribution in [-0.4, -0.2) is 59.3 Å². The number of anilines is 1. The third-order valence-corrected chi connectivity index (χ3v) is 7.24. The van der Waals surface area contributed by atoms with E-state index in [1.165, 1.54) is 17.0 Å². The molecule has 190 valence electrons. The second-order valence-electron chi connectivity index (χ2n) is 9.64. The number of hydrogen-bond donors (Lipinski definition) is 1. The number of piperidine rings is 1. The van der Waals surface area contributed by atoms with Crippen molar-refractivity contribution in [1.82, 2.24) is 9.80 Å². The maximum atomic E-state index is 13.2. The van der Waals surface area contributed by atoms with Crippen LogP contribution in [0.3, 0.4) is 0 Å². The van der Waals surface area contributed by atoms with Gasteiger partial charge in [0.05, 0.1) is 23.6 Å². The van der Waals surface area contributed by atoms with Gasteiger partial charge in [-0.25, -0.2) is 0 Å². The Bertz CT molecular complexity index is 1170. The number of amides is 3. The van der Waals surface area contributed by atoms with Crippen molar-refractivity contribution < 1.29 is 32.3 Å². The molecule has 2 aromatic rings. The molecule has 0 aromatic heterocycles. The zero-order valence-corrected chi connectivity index (χ0v) is 19.5. The molecule has 0 radical (unpaired) electrons. The molecule has 3 heterocycles. The van der Waals surface area contributed by atoms with Crippen LogP contribution >= 0.6 is 0 Å². The van der Waals surface area contributed by atoms with Gasteiger partial charge in [-0.15, -0.1) is 0 Å². The van der Waals surface area contributed by atoms with Crippen LogP contribution in [-0.2, 0) is 15.8 Å². The third kappa shape index (κ3) is 4.76. The summed E-state index contributed by atoms with van der Waals surface area (Å²) in [5.41, 5.74) is -0.676. The Morgan fingerprint density at radius 2 is 1.67 bits per heavy atom. The van der Waals surface area contributed by atoms with Gasteiger partial charge in [-0.1, -0.05) is 12.1 Å². The first-order valence-electron chi connectivity index (χ1n) is 12.0. The summed E-state index contributed by atoms with van der Waals surface area (Å²) < 4.78 is 44.7. The molecule has 7 nitrogen and oxygen atoms in total. The molecule has 1 N–H and O–H groups in total. The van der Waals surface area contributed by atoms with Crippen molar-refractivity contribution in [2.75, 3.05) is 31.5 Å². The molecule has 2 fully saturated rings. The van der Waals surface area contributed by atoms with Gasteiger partial charge in [0.15, 0.2) is 0 Å². The predicted octanol–water partition coefficient (Wildman–Crippen LogP) is 3.95. The van der Waals surface area contributed by atoms with Crippen molar-refractivity contribution in [3.63, 3.8) is 0 Å². The molecule has 1 atom stereocenters. The lowest BCUT2D eigenvalue weighted by Gasteiger charge is -2.41. The molecule has 5 rings (SSSR count). The number of carbonyl (C=O) groups is 3. The Balaban J connectivity index is 1.19. The lowest BCUT2D eigenvalue weighted by molar-refractivity contribution is -0.139. The molecular formula is C26H26F3N3O4. The number of hydrogen-bond acceptors (Lipinski definition) is 4. The minimum atomic E-state index is -4.46. The van der Waals surface area contributed by atoms with E-state index in [9.17, 15) is 27.6 Å². The highest BCUT2D eigenvalue weighted by Gasteiger charge is 2.43. The number of carbonyl (C=O) groups excluding carboxylic acids is 3. The molecule has 2 aromatic carbocycles. The second-order valence-corrected chi connectivity index (χ2v) is 9.64. The van der Waals surface area contributed by atoms with Crippen LogP contribution < -0.4 is 10.1 Å². The Morgan fingerprint density at radius 3 is 2.36 bits per heavy atom. The van der Waals surface area contributed by atoms with Crippen LogP contribution in [0.4, 0.5) is 18.9 Å². The average Bonchev–Trinajstić information content (AvgIpc) is 3.29. The Morgan fingerprint density at radius 1 is 0.972 bits per heavy atom. The maximum Gasteiger partial charge on any atom is 0.416 e. The first-order valence-corrected chi connectivity index (χ1v) is 12.0. The van der Waals surface area contributed by atoms with Gasteiger partial charge in [0.1, 0.15) is 11.4 Å². The topological polar surface area (TPSA) is 79.0 Å². The number of alkyl halides is 3. The molecule has 0 bridgehead atoms. The smallest absolute Gasteiger partial charge is 0.416 e. The fourth-order valence-corrected chi connectivity index (χ4v) is 5.22. The molecule has 0 saturated carbocycles. The van der Waals surface area contributed by atoms with Crippen molar-refractivity contribution in [2.45, 2.75) is 37.5 Å². The molecule has 0 aliphatic carbocycles. The number of fused-ring (bicyclic) bond motifs is 1. The van der Waals surface area contributed by atoms with Crippen molar-refractivity contribution in [3.05, 3.63) is 59.7 Å². The first-order chi connectivity index (χ1) is 17.1. The van der Waals surface area contributed by atoms with Gasteiger partial charge >= 0.3 is 6.18 Å². The van der Waals surface area contributed by atoms with Crippen LogP contribution in [0, 0.1) is 5.92 Å². The van der Waals surface area contributed by atoms with E-state index in [0.29, 0.717) is 50.3 Å². The summed E-state index contributed by atoms with van der Waals surface area (Å²) in [6.45, 7) is 1.48. The number of likely N-dealkylation sites (tertiary alicyclic amines) is 2. The molecular weight excluding hydrogens is 475 g/mol. The normalized spacial score (nSPS) is 21.4. The monoisotopic (exact) mass is 501 g/mol. The minimum Gasteiger partial charge on any atom is -0.484 e. The zero-order chi connectivity index (χ0) is 25.5. The molecule has 1 unspecified atom stereocenters. The van der Waals surface area contributed by atoms with E-state index in [2.05, 4.69) is 5.32 Å². The van der Waals surface area contributed by atoms with Crippen molar-refractivity contribution >= 4 is 23.4 Å². The number of nitrogens with one attached hydrogen (secondary N) is 1. The summed E-state index contributed by atoms with van der Waals surface area (Å²) in [6.07, 6.45) is -2.72. The Kier molecular flexibility index (Phi) is 6.13. The second kappa shape index (κ2) is 9.15. The number of nitrogens with zero attached hydrogens (tertiary/aromatic N) is 2.